The van der Waals surface area contributed by atoms with E-state index in [4.69, 9.17) is 11.6 Å². The van der Waals surface area contributed by atoms with E-state index in [1.54, 1.807) is 7.05 Å². The highest BCUT2D eigenvalue weighted by Gasteiger charge is 2.10. The summed E-state index contributed by atoms with van der Waals surface area (Å²) < 4.78 is 0.891. The van der Waals surface area contributed by atoms with Gasteiger partial charge in [0.1, 0.15) is 0 Å². The summed E-state index contributed by atoms with van der Waals surface area (Å²) in [6.45, 7) is 1.95. The van der Waals surface area contributed by atoms with Gasteiger partial charge in [0.05, 0.1) is 5.69 Å². The molecule has 1 aromatic heterocycles. The summed E-state index contributed by atoms with van der Waals surface area (Å²) in [5.74, 6) is 1.50. The zero-order chi connectivity index (χ0) is 15.6. The lowest BCUT2D eigenvalue weighted by Gasteiger charge is -2.14. The molecule has 0 saturated heterocycles. The summed E-state index contributed by atoms with van der Waals surface area (Å²) in [4.78, 5) is 14.7. The molecular weight excluding hydrogens is 356 g/mol. The van der Waals surface area contributed by atoms with E-state index < -0.39 is 0 Å². The maximum Gasteiger partial charge on any atom is 0.233 e. The minimum atomic E-state index is 0.443. The second-order valence-corrected chi connectivity index (χ2v) is 5.89. The van der Waals surface area contributed by atoms with E-state index in [0.29, 0.717) is 22.9 Å². The van der Waals surface area contributed by atoms with Crippen LogP contribution in [0.25, 0.3) is 0 Å². The summed E-state index contributed by atoms with van der Waals surface area (Å²) >= 11 is 9.66. The van der Waals surface area contributed by atoms with E-state index in [1.165, 1.54) is 0 Å². The van der Waals surface area contributed by atoms with Crippen molar-refractivity contribution in [3.05, 3.63) is 27.2 Å². The van der Waals surface area contributed by atoms with Crippen LogP contribution in [-0.2, 0) is 0 Å². The Kier molecular flexibility index (Phi) is 4.84. The third-order valence-corrected chi connectivity index (χ3v) is 3.81. The van der Waals surface area contributed by atoms with Crippen molar-refractivity contribution in [2.45, 2.75) is 6.92 Å². The number of hydrogen-bond acceptors (Lipinski definition) is 6. The van der Waals surface area contributed by atoms with Crippen molar-refractivity contribution in [3.8, 4) is 0 Å². The molecule has 0 atom stereocenters. The Hall–Kier alpha value is -1.60. The van der Waals surface area contributed by atoms with Crippen LogP contribution < -0.4 is 15.5 Å². The molecule has 112 valence electrons. The molecule has 0 aliphatic rings. The highest BCUT2D eigenvalue weighted by molar-refractivity contribution is 9.10. The van der Waals surface area contributed by atoms with Crippen LogP contribution in [0.1, 0.15) is 5.56 Å². The molecule has 2 aromatic rings. The van der Waals surface area contributed by atoms with Gasteiger partial charge in [-0.25, -0.2) is 0 Å². The third-order valence-electron chi connectivity index (χ3n) is 2.74. The number of hydrogen-bond donors (Lipinski definition) is 2. The van der Waals surface area contributed by atoms with Crippen LogP contribution in [0.15, 0.2) is 16.6 Å². The number of aromatic nitrogens is 3. The van der Waals surface area contributed by atoms with E-state index in [-0.39, 0.29) is 0 Å². The smallest absolute Gasteiger partial charge is 0.233 e. The molecule has 2 rings (SSSR count). The molecule has 21 heavy (non-hydrogen) atoms. The van der Waals surface area contributed by atoms with Crippen molar-refractivity contribution in [3.63, 3.8) is 0 Å². The van der Waals surface area contributed by atoms with Gasteiger partial charge in [0, 0.05) is 30.6 Å². The Morgan fingerprint density at radius 2 is 1.81 bits per heavy atom. The first kappa shape index (κ1) is 15.8. The van der Waals surface area contributed by atoms with Crippen molar-refractivity contribution in [1.29, 1.82) is 0 Å². The number of nitrogens with one attached hydrogen (secondary N) is 2. The van der Waals surface area contributed by atoms with Gasteiger partial charge >= 0.3 is 0 Å². The molecule has 0 aliphatic carbocycles. The topological polar surface area (TPSA) is 66.0 Å². The van der Waals surface area contributed by atoms with E-state index in [0.717, 1.165) is 15.7 Å². The molecule has 0 radical (unpaired) electrons. The summed E-state index contributed by atoms with van der Waals surface area (Å²) in [7, 11) is 5.51. The molecule has 6 nitrogen and oxygen atoms in total. The Bertz CT molecular complexity index is 661. The first-order valence-corrected chi connectivity index (χ1v) is 7.41. The fourth-order valence-corrected chi connectivity index (χ4v) is 2.32. The van der Waals surface area contributed by atoms with E-state index in [1.807, 2.05) is 38.1 Å². The maximum absolute atomic E-state index is 6.16. The molecule has 0 fully saturated rings. The average Bonchev–Trinajstić information content (AvgIpc) is 2.44. The fourth-order valence-electron chi connectivity index (χ4n) is 1.59. The number of nitrogens with zero attached hydrogens (tertiary/aromatic N) is 4. The molecule has 0 unspecified atom stereocenters. The van der Waals surface area contributed by atoms with Gasteiger partial charge < -0.3 is 15.5 Å². The molecule has 0 amide bonds. The van der Waals surface area contributed by atoms with Crippen molar-refractivity contribution >= 4 is 51.1 Å². The number of rotatable bonds is 4. The van der Waals surface area contributed by atoms with Crippen LogP contribution in [0, 0.1) is 6.92 Å². The highest BCUT2D eigenvalue weighted by atomic mass is 79.9. The van der Waals surface area contributed by atoms with Crippen molar-refractivity contribution in [1.82, 2.24) is 15.0 Å². The van der Waals surface area contributed by atoms with Crippen molar-refractivity contribution < 1.29 is 0 Å². The van der Waals surface area contributed by atoms with Gasteiger partial charge in [0.15, 0.2) is 0 Å². The zero-order valence-electron chi connectivity index (χ0n) is 12.2. The molecule has 2 N–H and O–H groups in total. The third kappa shape index (κ3) is 3.74. The van der Waals surface area contributed by atoms with Crippen LogP contribution in [0.4, 0.5) is 23.5 Å². The summed E-state index contributed by atoms with van der Waals surface area (Å²) in [5.41, 5.74) is 1.79. The molecule has 0 bridgehead atoms. The number of anilines is 4. The second kappa shape index (κ2) is 6.44. The van der Waals surface area contributed by atoms with Crippen LogP contribution in [0.2, 0.25) is 5.02 Å². The summed E-state index contributed by atoms with van der Waals surface area (Å²) in [6, 6.07) is 3.77. The lowest BCUT2D eigenvalue weighted by molar-refractivity contribution is 0.963. The summed E-state index contributed by atoms with van der Waals surface area (Å²) in [5, 5.41) is 6.74. The Labute approximate surface area is 137 Å². The lowest BCUT2D eigenvalue weighted by Crippen LogP contribution is -2.15. The Balaban J connectivity index is 2.39. The SMILES string of the molecule is CNc1nc(Nc2cc(Cl)c(C)cc2Br)nc(N(C)C)n1. The standard InChI is InChI=1S/C13H16BrClN6/c1-7-5-8(14)10(6-9(7)15)17-12-18-11(16-2)19-13(20-12)21(3)4/h5-6H,1-4H3,(H2,16,17,18,19,20). The monoisotopic (exact) mass is 370 g/mol. The zero-order valence-corrected chi connectivity index (χ0v) is 14.5. The lowest BCUT2D eigenvalue weighted by atomic mass is 10.2. The molecule has 1 heterocycles. The molecular formula is C13H16BrClN6. The first-order valence-electron chi connectivity index (χ1n) is 6.24. The maximum atomic E-state index is 6.16. The predicted molar refractivity (Wildman–Crippen MR) is 90.9 cm³/mol. The number of benzene rings is 1. The average molecular weight is 372 g/mol. The van der Waals surface area contributed by atoms with Gasteiger partial charge in [0.2, 0.25) is 17.8 Å². The van der Waals surface area contributed by atoms with Crippen LogP contribution in [0.3, 0.4) is 0 Å². The van der Waals surface area contributed by atoms with Gasteiger partial charge in [-0.2, -0.15) is 15.0 Å². The van der Waals surface area contributed by atoms with Gasteiger partial charge in [-0.1, -0.05) is 11.6 Å². The van der Waals surface area contributed by atoms with Crippen LogP contribution in [-0.4, -0.2) is 36.1 Å². The van der Waals surface area contributed by atoms with Gasteiger partial charge in [0.25, 0.3) is 0 Å². The molecule has 0 saturated carbocycles. The molecule has 0 aliphatic heterocycles. The quantitative estimate of drug-likeness (QED) is 0.858. The molecule has 8 heteroatoms. The van der Waals surface area contributed by atoms with E-state index in [2.05, 4.69) is 41.5 Å². The van der Waals surface area contributed by atoms with Gasteiger partial charge in [-0.3, -0.25) is 0 Å². The number of aryl methyl sites for hydroxylation is 1. The second-order valence-electron chi connectivity index (χ2n) is 4.63. The normalized spacial score (nSPS) is 10.4. The molecule has 0 spiro atoms. The van der Waals surface area contributed by atoms with E-state index >= 15 is 0 Å². The Morgan fingerprint density at radius 1 is 1.14 bits per heavy atom. The fraction of sp³-hybridized carbons (Fsp3) is 0.308. The summed E-state index contributed by atoms with van der Waals surface area (Å²) in [6.07, 6.45) is 0. The molecule has 1 aromatic carbocycles. The minimum absolute atomic E-state index is 0.443. The Morgan fingerprint density at radius 3 is 2.43 bits per heavy atom. The predicted octanol–water partition coefficient (Wildman–Crippen LogP) is 3.45. The minimum Gasteiger partial charge on any atom is -0.357 e. The first-order chi connectivity index (χ1) is 9.90. The van der Waals surface area contributed by atoms with Crippen LogP contribution >= 0.6 is 27.5 Å². The van der Waals surface area contributed by atoms with Gasteiger partial charge in [-0.15, -0.1) is 0 Å². The number of halogens is 2. The van der Waals surface area contributed by atoms with Crippen molar-refractivity contribution in [2.24, 2.45) is 0 Å². The van der Waals surface area contributed by atoms with Gasteiger partial charge in [-0.05, 0) is 40.5 Å². The van der Waals surface area contributed by atoms with Crippen LogP contribution in [0.5, 0.6) is 0 Å². The highest BCUT2D eigenvalue weighted by Crippen LogP contribution is 2.31. The van der Waals surface area contributed by atoms with Crippen molar-refractivity contribution in [2.75, 3.05) is 36.7 Å². The van der Waals surface area contributed by atoms with E-state index in [9.17, 15) is 0 Å². The largest absolute Gasteiger partial charge is 0.357 e.